The summed E-state index contributed by atoms with van der Waals surface area (Å²) >= 11 is 3.61. The van der Waals surface area contributed by atoms with Gasteiger partial charge in [0.2, 0.25) is 0 Å². The van der Waals surface area contributed by atoms with Gasteiger partial charge in [-0.15, -0.1) is 0 Å². The van der Waals surface area contributed by atoms with Crippen molar-refractivity contribution in [1.29, 1.82) is 0 Å². The zero-order valence-corrected chi connectivity index (χ0v) is 13.3. The predicted molar refractivity (Wildman–Crippen MR) is 83.6 cm³/mol. The molecule has 19 heavy (non-hydrogen) atoms. The van der Waals surface area contributed by atoms with E-state index in [2.05, 4.69) is 46.1 Å². The molecule has 0 aliphatic carbocycles. The van der Waals surface area contributed by atoms with Crippen LogP contribution in [0.1, 0.15) is 31.4 Å². The number of nitrogens with zero attached hydrogens (tertiary/aromatic N) is 1. The second-order valence-corrected chi connectivity index (χ2v) is 6.31. The summed E-state index contributed by atoms with van der Waals surface area (Å²) in [6.45, 7) is 4.87. The molecule has 1 aliphatic heterocycles. The first kappa shape index (κ1) is 14.8. The van der Waals surface area contributed by atoms with Gasteiger partial charge < -0.3 is 15.4 Å². The van der Waals surface area contributed by atoms with Crippen molar-refractivity contribution in [2.75, 3.05) is 31.7 Å². The number of hydrogen-bond donors (Lipinski definition) is 1. The highest BCUT2D eigenvalue weighted by molar-refractivity contribution is 9.10. The molecule has 1 saturated heterocycles. The third-order valence-electron chi connectivity index (χ3n) is 3.70. The first-order valence-electron chi connectivity index (χ1n) is 6.92. The second-order valence-electron chi connectivity index (χ2n) is 5.46. The third kappa shape index (κ3) is 3.94. The fraction of sp³-hybridized carbons (Fsp3) is 0.600. The Morgan fingerprint density at radius 1 is 1.53 bits per heavy atom. The molecule has 4 heteroatoms. The van der Waals surface area contributed by atoms with Gasteiger partial charge in [-0.1, -0.05) is 22.0 Å². The summed E-state index contributed by atoms with van der Waals surface area (Å²) in [5.74, 6) is 0.644. The van der Waals surface area contributed by atoms with E-state index in [0.29, 0.717) is 5.92 Å². The maximum absolute atomic E-state index is 5.93. The first-order valence-corrected chi connectivity index (χ1v) is 7.71. The molecule has 0 saturated carbocycles. The zero-order valence-electron chi connectivity index (χ0n) is 11.7. The van der Waals surface area contributed by atoms with E-state index in [9.17, 15) is 0 Å². The van der Waals surface area contributed by atoms with E-state index >= 15 is 0 Å². The van der Waals surface area contributed by atoms with Crippen LogP contribution in [0.25, 0.3) is 0 Å². The Morgan fingerprint density at radius 2 is 2.32 bits per heavy atom. The van der Waals surface area contributed by atoms with Crippen LogP contribution < -0.4 is 10.6 Å². The van der Waals surface area contributed by atoms with E-state index in [0.717, 1.165) is 29.8 Å². The lowest BCUT2D eigenvalue weighted by Gasteiger charge is -2.28. The van der Waals surface area contributed by atoms with Crippen LogP contribution in [0.2, 0.25) is 0 Å². The van der Waals surface area contributed by atoms with Gasteiger partial charge in [-0.25, -0.2) is 0 Å². The van der Waals surface area contributed by atoms with Gasteiger partial charge in [0.05, 0.1) is 6.61 Å². The van der Waals surface area contributed by atoms with Crippen molar-refractivity contribution in [3.05, 3.63) is 28.2 Å². The van der Waals surface area contributed by atoms with Crippen molar-refractivity contribution < 1.29 is 4.74 Å². The molecule has 3 nitrogen and oxygen atoms in total. The Bertz CT molecular complexity index is 417. The van der Waals surface area contributed by atoms with Crippen molar-refractivity contribution in [1.82, 2.24) is 0 Å². The summed E-state index contributed by atoms with van der Waals surface area (Å²) in [5, 5.41) is 0. The summed E-state index contributed by atoms with van der Waals surface area (Å²) in [5.41, 5.74) is 8.30. The number of halogens is 1. The zero-order chi connectivity index (χ0) is 13.8. The van der Waals surface area contributed by atoms with Crippen LogP contribution in [0.3, 0.4) is 0 Å². The molecule has 0 radical (unpaired) electrons. The molecule has 0 bridgehead atoms. The minimum Gasteiger partial charge on any atom is -0.381 e. The van der Waals surface area contributed by atoms with Gasteiger partial charge in [-0.3, -0.25) is 0 Å². The quantitative estimate of drug-likeness (QED) is 0.922. The lowest BCUT2D eigenvalue weighted by Crippen LogP contribution is -2.30. The van der Waals surface area contributed by atoms with E-state index in [-0.39, 0.29) is 6.04 Å². The van der Waals surface area contributed by atoms with Crippen LogP contribution in [0.5, 0.6) is 0 Å². The number of ether oxygens (including phenoxy) is 1. The maximum atomic E-state index is 5.93. The molecule has 1 aliphatic rings. The van der Waals surface area contributed by atoms with Crippen molar-refractivity contribution >= 4 is 21.6 Å². The molecule has 1 fully saturated rings. The summed E-state index contributed by atoms with van der Waals surface area (Å²) in [6.07, 6.45) is 2.45. The molecular formula is C15H23BrN2O. The Kier molecular flexibility index (Phi) is 5.25. The van der Waals surface area contributed by atoms with Crippen molar-refractivity contribution in [3.63, 3.8) is 0 Å². The van der Waals surface area contributed by atoms with Gasteiger partial charge >= 0.3 is 0 Å². The average Bonchev–Trinajstić information content (AvgIpc) is 2.39. The molecule has 2 N–H and O–H groups in total. The van der Waals surface area contributed by atoms with E-state index in [1.807, 2.05) is 6.92 Å². The van der Waals surface area contributed by atoms with Gasteiger partial charge in [0, 0.05) is 36.4 Å². The van der Waals surface area contributed by atoms with Gasteiger partial charge in [-0.05, 0) is 43.4 Å². The molecule has 0 amide bonds. The van der Waals surface area contributed by atoms with Crippen molar-refractivity contribution in [2.45, 2.75) is 25.8 Å². The van der Waals surface area contributed by atoms with Gasteiger partial charge in [-0.2, -0.15) is 0 Å². The molecule has 2 atom stereocenters. The molecule has 2 rings (SSSR count). The fourth-order valence-electron chi connectivity index (χ4n) is 2.57. The Labute approximate surface area is 124 Å². The number of anilines is 1. The highest BCUT2D eigenvalue weighted by atomic mass is 79.9. The Morgan fingerprint density at radius 3 is 2.89 bits per heavy atom. The Hall–Kier alpha value is -0.580. The highest BCUT2D eigenvalue weighted by Gasteiger charge is 2.16. The molecule has 1 heterocycles. The van der Waals surface area contributed by atoms with Crippen LogP contribution in [0.15, 0.2) is 22.7 Å². The van der Waals surface area contributed by atoms with Crippen LogP contribution in [0.4, 0.5) is 5.69 Å². The molecule has 0 aromatic heterocycles. The number of nitrogens with two attached hydrogens (primary N) is 1. The maximum Gasteiger partial charge on any atom is 0.0511 e. The second kappa shape index (κ2) is 6.73. The molecule has 0 spiro atoms. The fourth-order valence-corrected chi connectivity index (χ4v) is 3.29. The van der Waals surface area contributed by atoms with Crippen LogP contribution >= 0.6 is 15.9 Å². The largest absolute Gasteiger partial charge is 0.381 e. The summed E-state index contributed by atoms with van der Waals surface area (Å²) in [6, 6.07) is 6.47. The molecular weight excluding hydrogens is 304 g/mol. The van der Waals surface area contributed by atoms with Crippen LogP contribution in [-0.2, 0) is 4.74 Å². The molecule has 1 aromatic rings. The Balaban J connectivity index is 2.02. The summed E-state index contributed by atoms with van der Waals surface area (Å²) < 4.78 is 6.63. The van der Waals surface area contributed by atoms with Gasteiger partial charge in [0.1, 0.15) is 0 Å². The molecule has 1 unspecified atom stereocenters. The smallest absolute Gasteiger partial charge is 0.0511 e. The summed E-state index contributed by atoms with van der Waals surface area (Å²) in [4.78, 5) is 2.30. The van der Waals surface area contributed by atoms with E-state index in [1.54, 1.807) is 0 Å². The highest BCUT2D eigenvalue weighted by Crippen LogP contribution is 2.28. The number of benzene rings is 1. The SMILES string of the molecule is C[C@H](N)c1ccc(N(C)CC2CCCOC2)cc1Br. The van der Waals surface area contributed by atoms with E-state index in [4.69, 9.17) is 10.5 Å². The average molecular weight is 327 g/mol. The van der Waals surface area contributed by atoms with E-state index < -0.39 is 0 Å². The van der Waals surface area contributed by atoms with Crippen molar-refractivity contribution in [3.8, 4) is 0 Å². The minimum absolute atomic E-state index is 0.0560. The normalized spacial score (nSPS) is 21.2. The van der Waals surface area contributed by atoms with Crippen LogP contribution in [0, 0.1) is 5.92 Å². The van der Waals surface area contributed by atoms with Crippen LogP contribution in [-0.4, -0.2) is 26.8 Å². The third-order valence-corrected chi connectivity index (χ3v) is 4.39. The van der Waals surface area contributed by atoms with E-state index in [1.165, 1.54) is 18.5 Å². The lowest BCUT2D eigenvalue weighted by molar-refractivity contribution is 0.0576. The molecule has 106 valence electrons. The molecule has 1 aromatic carbocycles. The van der Waals surface area contributed by atoms with Gasteiger partial charge in [0.25, 0.3) is 0 Å². The monoisotopic (exact) mass is 326 g/mol. The first-order chi connectivity index (χ1) is 9.08. The summed E-state index contributed by atoms with van der Waals surface area (Å²) in [7, 11) is 2.14. The number of rotatable bonds is 4. The van der Waals surface area contributed by atoms with Gasteiger partial charge in [0.15, 0.2) is 0 Å². The lowest BCUT2D eigenvalue weighted by atomic mass is 10.0. The van der Waals surface area contributed by atoms with Crippen molar-refractivity contribution in [2.24, 2.45) is 11.7 Å². The predicted octanol–water partition coefficient (Wildman–Crippen LogP) is 3.33. The minimum atomic E-state index is 0.0560. The topological polar surface area (TPSA) is 38.5 Å². The standard InChI is InChI=1S/C15H23BrN2O/c1-11(17)14-6-5-13(8-15(14)16)18(2)9-12-4-3-7-19-10-12/h5-6,8,11-12H,3-4,7,9-10,17H2,1-2H3/t11-,12?/m0/s1. The number of hydrogen-bond acceptors (Lipinski definition) is 3.